The Labute approximate surface area is 132 Å². The number of aryl methyl sites for hydroxylation is 1. The Morgan fingerprint density at radius 1 is 1.26 bits per heavy atom. The number of anilines is 1. The highest BCUT2D eigenvalue weighted by atomic mass is 16.3. The van der Waals surface area contributed by atoms with Crippen molar-refractivity contribution in [3.8, 4) is 11.5 Å². The van der Waals surface area contributed by atoms with Gasteiger partial charge in [0.1, 0.15) is 12.2 Å². The minimum absolute atomic E-state index is 0.0991. The van der Waals surface area contributed by atoms with E-state index in [0.717, 1.165) is 5.56 Å². The lowest BCUT2D eigenvalue weighted by molar-refractivity contribution is -0.116. The number of nitrogens with zero attached hydrogens (tertiary/aromatic N) is 2. The van der Waals surface area contributed by atoms with Crippen LogP contribution in [0.2, 0.25) is 0 Å². The van der Waals surface area contributed by atoms with Crippen LogP contribution in [0.3, 0.4) is 0 Å². The molecule has 6 heteroatoms. The predicted octanol–water partition coefficient (Wildman–Crippen LogP) is 2.45. The number of carbonyl (C=O) groups excluding carboxylic acids is 1. The van der Waals surface area contributed by atoms with Gasteiger partial charge in [-0.15, -0.1) is 0 Å². The molecule has 23 heavy (non-hydrogen) atoms. The fourth-order valence-corrected chi connectivity index (χ4v) is 2.10. The van der Waals surface area contributed by atoms with Crippen LogP contribution in [0.25, 0.3) is 11.5 Å². The van der Waals surface area contributed by atoms with Gasteiger partial charge in [-0.05, 0) is 31.2 Å². The molecule has 0 bridgehead atoms. The summed E-state index contributed by atoms with van der Waals surface area (Å²) in [6, 6.07) is 12.2. The van der Waals surface area contributed by atoms with Gasteiger partial charge in [-0.25, -0.2) is 4.98 Å². The zero-order chi connectivity index (χ0) is 16.2. The Morgan fingerprint density at radius 3 is 2.70 bits per heavy atom. The summed E-state index contributed by atoms with van der Waals surface area (Å²) in [6.45, 7) is 1.87. The monoisotopic (exact) mass is 309 g/mol. The smallest absolute Gasteiger partial charge is 0.254 e. The highest BCUT2D eigenvalue weighted by Gasteiger charge is 2.08. The number of aromatic nitrogens is 2. The van der Waals surface area contributed by atoms with Crippen LogP contribution in [-0.4, -0.2) is 15.5 Å². The molecule has 0 spiro atoms. The molecule has 0 saturated heterocycles. The number of hydrogen-bond acceptors (Lipinski definition) is 4. The van der Waals surface area contributed by atoms with Gasteiger partial charge in [-0.2, -0.15) is 0 Å². The third-order valence-corrected chi connectivity index (χ3v) is 3.30. The summed E-state index contributed by atoms with van der Waals surface area (Å²) >= 11 is 0. The number of furan rings is 1. The van der Waals surface area contributed by atoms with Gasteiger partial charge in [0, 0.05) is 11.8 Å². The Morgan fingerprint density at radius 2 is 2.04 bits per heavy atom. The quantitative estimate of drug-likeness (QED) is 0.803. The summed E-state index contributed by atoms with van der Waals surface area (Å²) in [6.07, 6.45) is 2.85. The van der Waals surface area contributed by atoms with Gasteiger partial charge in [0.05, 0.1) is 12.6 Å². The minimum atomic E-state index is -0.314. The average molecular weight is 309 g/mol. The Bertz CT molecular complexity index is 865. The van der Waals surface area contributed by atoms with Crippen molar-refractivity contribution in [3.63, 3.8) is 0 Å². The molecule has 0 radical (unpaired) electrons. The molecule has 0 saturated carbocycles. The molecule has 0 fully saturated rings. The second kappa shape index (κ2) is 6.31. The second-order valence-corrected chi connectivity index (χ2v) is 5.13. The topological polar surface area (TPSA) is 77.1 Å². The van der Waals surface area contributed by atoms with Gasteiger partial charge >= 0.3 is 0 Å². The molecule has 3 rings (SSSR count). The molecule has 116 valence electrons. The predicted molar refractivity (Wildman–Crippen MR) is 86.0 cm³/mol. The van der Waals surface area contributed by atoms with Crippen molar-refractivity contribution >= 4 is 11.6 Å². The molecule has 0 aliphatic rings. The van der Waals surface area contributed by atoms with E-state index in [2.05, 4.69) is 10.3 Å². The van der Waals surface area contributed by atoms with E-state index in [0.29, 0.717) is 17.1 Å². The van der Waals surface area contributed by atoms with Crippen molar-refractivity contribution in [2.24, 2.45) is 0 Å². The van der Waals surface area contributed by atoms with Gasteiger partial charge in [0.25, 0.3) is 5.56 Å². The molecule has 1 N–H and O–H groups in total. The molecule has 1 amide bonds. The van der Waals surface area contributed by atoms with Crippen LogP contribution in [0.5, 0.6) is 0 Å². The molecule has 3 aromatic rings. The number of amides is 1. The summed E-state index contributed by atoms with van der Waals surface area (Å²) in [7, 11) is 0. The van der Waals surface area contributed by atoms with Crippen LogP contribution in [-0.2, 0) is 11.3 Å². The van der Waals surface area contributed by atoms with Crippen LogP contribution in [0.1, 0.15) is 5.56 Å². The summed E-state index contributed by atoms with van der Waals surface area (Å²) in [5.41, 5.74) is 1.92. The van der Waals surface area contributed by atoms with E-state index in [9.17, 15) is 9.59 Å². The lowest BCUT2D eigenvalue weighted by Gasteiger charge is -2.07. The fourth-order valence-electron chi connectivity index (χ4n) is 2.10. The van der Waals surface area contributed by atoms with Gasteiger partial charge in [0.2, 0.25) is 5.91 Å². The summed E-state index contributed by atoms with van der Waals surface area (Å²) in [4.78, 5) is 28.2. The standard InChI is InChI=1S/C17H15N3O3/c1-12-4-6-13(7-5-12)19-16(21)10-20-11-18-14(9-17(20)22)15-3-2-8-23-15/h2-9,11H,10H2,1H3,(H,19,21). The van der Waals surface area contributed by atoms with Crippen LogP contribution in [0.15, 0.2) is 64.3 Å². The first-order chi connectivity index (χ1) is 11.1. The van der Waals surface area contributed by atoms with E-state index >= 15 is 0 Å². The van der Waals surface area contributed by atoms with Crippen LogP contribution in [0.4, 0.5) is 5.69 Å². The van der Waals surface area contributed by atoms with Crippen LogP contribution < -0.4 is 10.9 Å². The molecule has 0 aliphatic carbocycles. The molecule has 2 aromatic heterocycles. The van der Waals surface area contributed by atoms with Crippen molar-refractivity contribution in [1.82, 2.24) is 9.55 Å². The first kappa shape index (κ1) is 14.8. The van der Waals surface area contributed by atoms with Gasteiger partial charge in [-0.3, -0.25) is 14.2 Å². The highest BCUT2D eigenvalue weighted by molar-refractivity contribution is 5.90. The largest absolute Gasteiger partial charge is 0.463 e. The average Bonchev–Trinajstić information content (AvgIpc) is 3.06. The highest BCUT2D eigenvalue weighted by Crippen LogP contribution is 2.14. The third kappa shape index (κ3) is 3.55. The lowest BCUT2D eigenvalue weighted by atomic mass is 10.2. The SMILES string of the molecule is Cc1ccc(NC(=O)Cn2cnc(-c3ccco3)cc2=O)cc1. The number of benzene rings is 1. The Hall–Kier alpha value is -3.15. The van der Waals surface area contributed by atoms with Gasteiger partial charge < -0.3 is 9.73 Å². The minimum Gasteiger partial charge on any atom is -0.463 e. The van der Waals surface area contributed by atoms with E-state index in [1.807, 2.05) is 31.2 Å². The molecule has 2 heterocycles. The maximum atomic E-state index is 12.1. The van der Waals surface area contributed by atoms with Crippen LogP contribution in [0, 0.1) is 6.92 Å². The summed E-state index contributed by atoms with van der Waals surface area (Å²) < 4.78 is 6.44. The molecular weight excluding hydrogens is 294 g/mol. The zero-order valence-corrected chi connectivity index (χ0v) is 12.5. The number of nitrogens with one attached hydrogen (secondary N) is 1. The van der Waals surface area contributed by atoms with E-state index in [1.165, 1.54) is 23.2 Å². The van der Waals surface area contributed by atoms with Crippen molar-refractivity contribution in [2.45, 2.75) is 13.5 Å². The first-order valence-corrected chi connectivity index (χ1v) is 7.09. The summed E-state index contributed by atoms with van der Waals surface area (Å²) in [5, 5.41) is 2.74. The molecule has 0 unspecified atom stereocenters. The normalized spacial score (nSPS) is 10.5. The number of hydrogen-bond donors (Lipinski definition) is 1. The van der Waals surface area contributed by atoms with Crippen molar-refractivity contribution in [3.05, 3.63) is 71.0 Å². The molecule has 1 aromatic carbocycles. The third-order valence-electron chi connectivity index (χ3n) is 3.30. The second-order valence-electron chi connectivity index (χ2n) is 5.13. The number of carbonyl (C=O) groups is 1. The lowest BCUT2D eigenvalue weighted by Crippen LogP contribution is -2.27. The fraction of sp³-hybridized carbons (Fsp3) is 0.118. The van der Waals surface area contributed by atoms with Crippen molar-refractivity contribution < 1.29 is 9.21 Å². The Kier molecular flexibility index (Phi) is 4.05. The van der Waals surface area contributed by atoms with E-state index in [4.69, 9.17) is 4.42 Å². The van der Waals surface area contributed by atoms with E-state index in [-0.39, 0.29) is 18.0 Å². The molecule has 6 nitrogen and oxygen atoms in total. The van der Waals surface area contributed by atoms with Crippen molar-refractivity contribution in [1.29, 1.82) is 0 Å². The van der Waals surface area contributed by atoms with E-state index in [1.54, 1.807) is 12.1 Å². The zero-order valence-electron chi connectivity index (χ0n) is 12.5. The Balaban J connectivity index is 1.71. The van der Waals surface area contributed by atoms with Crippen molar-refractivity contribution in [2.75, 3.05) is 5.32 Å². The summed E-state index contributed by atoms with van der Waals surface area (Å²) in [5.74, 6) is 0.224. The van der Waals surface area contributed by atoms with Gasteiger partial charge in [0.15, 0.2) is 5.76 Å². The van der Waals surface area contributed by atoms with Crippen LogP contribution >= 0.6 is 0 Å². The maximum absolute atomic E-state index is 12.1. The first-order valence-electron chi connectivity index (χ1n) is 7.09. The maximum Gasteiger partial charge on any atom is 0.254 e. The number of rotatable bonds is 4. The van der Waals surface area contributed by atoms with Gasteiger partial charge in [-0.1, -0.05) is 17.7 Å². The van der Waals surface area contributed by atoms with E-state index < -0.39 is 0 Å². The molecular formula is C17H15N3O3. The molecule has 0 aliphatic heterocycles. The molecule has 0 atom stereocenters.